The molecule has 0 saturated heterocycles. The fourth-order valence-corrected chi connectivity index (χ4v) is 2.67. The number of nitrogens with zero attached hydrogens (tertiary/aromatic N) is 2. The van der Waals surface area contributed by atoms with Gasteiger partial charge >= 0.3 is 0 Å². The number of nitrogens with two attached hydrogens (primary N) is 1. The molecule has 0 spiro atoms. The summed E-state index contributed by atoms with van der Waals surface area (Å²) in [5.41, 5.74) is 7.03. The highest BCUT2D eigenvalue weighted by molar-refractivity contribution is 5.99. The summed E-state index contributed by atoms with van der Waals surface area (Å²) in [6.45, 7) is 0. The van der Waals surface area contributed by atoms with E-state index in [1.807, 2.05) is 36.5 Å². The normalized spacial score (nSPS) is 17.1. The van der Waals surface area contributed by atoms with Crippen LogP contribution < -0.4 is 11.1 Å². The van der Waals surface area contributed by atoms with Crippen molar-refractivity contribution in [2.45, 2.75) is 31.2 Å². The zero-order chi connectivity index (χ0) is 14.0. The van der Waals surface area contributed by atoms with Gasteiger partial charge in [-0.3, -0.25) is 4.79 Å². The third kappa shape index (κ3) is 2.32. The molecule has 2 aromatic rings. The Bertz CT molecular complexity index is 600. The first-order valence-electron chi connectivity index (χ1n) is 6.88. The van der Waals surface area contributed by atoms with Crippen molar-refractivity contribution in [2.24, 2.45) is 5.73 Å². The first-order chi connectivity index (χ1) is 9.69. The first-order valence-corrected chi connectivity index (χ1v) is 6.88. The van der Waals surface area contributed by atoms with E-state index in [0.29, 0.717) is 0 Å². The van der Waals surface area contributed by atoms with E-state index in [0.717, 1.165) is 37.1 Å². The van der Waals surface area contributed by atoms with Gasteiger partial charge in [0.05, 0.1) is 16.9 Å². The summed E-state index contributed by atoms with van der Waals surface area (Å²) in [7, 11) is 0. The summed E-state index contributed by atoms with van der Waals surface area (Å²) in [5.74, 6) is -0.102. The maximum Gasteiger partial charge on any atom is 0.244 e. The maximum atomic E-state index is 12.4. The number of anilines is 1. The quantitative estimate of drug-likeness (QED) is 0.897. The highest BCUT2D eigenvalue weighted by atomic mass is 16.2. The number of carbonyl (C=O) groups is 1. The van der Waals surface area contributed by atoms with Crippen LogP contribution in [-0.4, -0.2) is 21.2 Å². The second-order valence-corrected chi connectivity index (χ2v) is 5.29. The summed E-state index contributed by atoms with van der Waals surface area (Å²) in [6.07, 6.45) is 7.10. The van der Waals surface area contributed by atoms with Gasteiger partial charge in [0.1, 0.15) is 0 Å². The third-order valence-electron chi connectivity index (χ3n) is 3.85. The van der Waals surface area contributed by atoms with E-state index >= 15 is 0 Å². The van der Waals surface area contributed by atoms with Crippen molar-refractivity contribution in [1.29, 1.82) is 0 Å². The second kappa shape index (κ2) is 5.09. The lowest BCUT2D eigenvalue weighted by molar-refractivity contribution is -0.121. The molecule has 0 atom stereocenters. The molecule has 1 amide bonds. The summed E-state index contributed by atoms with van der Waals surface area (Å²) >= 11 is 0. The van der Waals surface area contributed by atoms with Gasteiger partial charge in [-0.2, -0.15) is 5.10 Å². The molecule has 1 aromatic carbocycles. The molecule has 0 unspecified atom stereocenters. The lowest BCUT2D eigenvalue weighted by Crippen LogP contribution is -2.48. The van der Waals surface area contributed by atoms with Crippen LogP contribution in [0.3, 0.4) is 0 Å². The van der Waals surface area contributed by atoms with Crippen LogP contribution >= 0.6 is 0 Å². The van der Waals surface area contributed by atoms with E-state index < -0.39 is 5.54 Å². The Morgan fingerprint density at radius 2 is 2.00 bits per heavy atom. The molecule has 0 bridgehead atoms. The molecule has 1 saturated carbocycles. The van der Waals surface area contributed by atoms with Crippen molar-refractivity contribution in [2.75, 3.05) is 5.32 Å². The molecular weight excluding hydrogens is 252 g/mol. The standard InChI is InChI=1S/C15H18N4O/c16-15(8-3-4-9-15)14(20)18-12-6-1-2-7-13(12)19-11-5-10-17-19/h1-2,5-7,10-11H,3-4,8-9,16H2,(H,18,20). The lowest BCUT2D eigenvalue weighted by atomic mass is 9.98. The fourth-order valence-electron chi connectivity index (χ4n) is 2.67. The molecule has 1 aliphatic rings. The largest absolute Gasteiger partial charge is 0.323 e. The first kappa shape index (κ1) is 12.9. The van der Waals surface area contributed by atoms with E-state index in [1.165, 1.54) is 0 Å². The van der Waals surface area contributed by atoms with Crippen molar-refractivity contribution in [3.05, 3.63) is 42.7 Å². The minimum absolute atomic E-state index is 0.102. The fraction of sp³-hybridized carbons (Fsp3) is 0.333. The molecule has 0 radical (unpaired) electrons. The summed E-state index contributed by atoms with van der Waals surface area (Å²) in [4.78, 5) is 12.4. The average molecular weight is 270 g/mol. The van der Waals surface area contributed by atoms with E-state index in [1.54, 1.807) is 10.9 Å². The van der Waals surface area contributed by atoms with Crippen molar-refractivity contribution in [3.8, 4) is 5.69 Å². The Morgan fingerprint density at radius 1 is 1.25 bits per heavy atom. The summed E-state index contributed by atoms with van der Waals surface area (Å²) in [5, 5.41) is 7.16. The molecular formula is C15H18N4O. The lowest BCUT2D eigenvalue weighted by Gasteiger charge is -2.23. The Hall–Kier alpha value is -2.14. The summed E-state index contributed by atoms with van der Waals surface area (Å²) < 4.78 is 1.73. The van der Waals surface area contributed by atoms with E-state index in [4.69, 9.17) is 5.73 Å². The van der Waals surface area contributed by atoms with E-state index in [9.17, 15) is 4.79 Å². The van der Waals surface area contributed by atoms with Gasteiger partial charge in [0.15, 0.2) is 0 Å². The van der Waals surface area contributed by atoms with Crippen LogP contribution in [0.2, 0.25) is 0 Å². The molecule has 0 aliphatic heterocycles. The smallest absolute Gasteiger partial charge is 0.244 e. The van der Waals surface area contributed by atoms with Gasteiger partial charge in [0, 0.05) is 12.4 Å². The number of para-hydroxylation sites is 2. The van der Waals surface area contributed by atoms with Gasteiger partial charge in [0.2, 0.25) is 5.91 Å². The number of benzene rings is 1. The van der Waals surface area contributed by atoms with Crippen molar-refractivity contribution in [3.63, 3.8) is 0 Å². The number of hydrogen-bond donors (Lipinski definition) is 2. The molecule has 5 heteroatoms. The zero-order valence-electron chi connectivity index (χ0n) is 11.2. The van der Waals surface area contributed by atoms with Crippen LogP contribution in [0.4, 0.5) is 5.69 Å². The molecule has 1 aliphatic carbocycles. The van der Waals surface area contributed by atoms with Crippen LogP contribution in [0.15, 0.2) is 42.7 Å². The van der Waals surface area contributed by atoms with Crippen LogP contribution in [0.1, 0.15) is 25.7 Å². The minimum atomic E-state index is -0.725. The molecule has 1 heterocycles. The van der Waals surface area contributed by atoms with Crippen LogP contribution in [-0.2, 0) is 4.79 Å². The molecule has 3 N–H and O–H groups in total. The van der Waals surface area contributed by atoms with Gasteiger partial charge in [-0.05, 0) is 31.0 Å². The third-order valence-corrected chi connectivity index (χ3v) is 3.85. The molecule has 20 heavy (non-hydrogen) atoms. The predicted molar refractivity (Wildman–Crippen MR) is 77.6 cm³/mol. The molecule has 1 aromatic heterocycles. The van der Waals surface area contributed by atoms with Gasteiger partial charge in [0.25, 0.3) is 0 Å². The monoisotopic (exact) mass is 270 g/mol. The molecule has 5 nitrogen and oxygen atoms in total. The van der Waals surface area contributed by atoms with Gasteiger partial charge in [-0.1, -0.05) is 25.0 Å². The Balaban J connectivity index is 1.86. The van der Waals surface area contributed by atoms with Crippen molar-refractivity contribution >= 4 is 11.6 Å². The molecule has 1 fully saturated rings. The van der Waals surface area contributed by atoms with E-state index in [-0.39, 0.29) is 5.91 Å². The highest BCUT2D eigenvalue weighted by Gasteiger charge is 2.37. The molecule has 3 rings (SSSR count). The second-order valence-electron chi connectivity index (χ2n) is 5.29. The van der Waals surface area contributed by atoms with Crippen molar-refractivity contribution in [1.82, 2.24) is 9.78 Å². The van der Waals surface area contributed by atoms with Gasteiger partial charge in [-0.25, -0.2) is 4.68 Å². The SMILES string of the molecule is NC1(C(=O)Nc2ccccc2-n2cccn2)CCCC1. The predicted octanol–water partition coefficient (Wildman–Crippen LogP) is 2.08. The molecule has 104 valence electrons. The topological polar surface area (TPSA) is 72.9 Å². The van der Waals surface area contributed by atoms with Crippen LogP contribution in [0.5, 0.6) is 0 Å². The highest BCUT2D eigenvalue weighted by Crippen LogP contribution is 2.29. The number of carbonyl (C=O) groups excluding carboxylic acids is 1. The Labute approximate surface area is 117 Å². The van der Waals surface area contributed by atoms with Crippen molar-refractivity contribution < 1.29 is 4.79 Å². The van der Waals surface area contributed by atoms with Crippen LogP contribution in [0.25, 0.3) is 5.69 Å². The number of rotatable bonds is 3. The minimum Gasteiger partial charge on any atom is -0.323 e. The Kier molecular flexibility index (Phi) is 3.28. The number of amides is 1. The maximum absolute atomic E-state index is 12.4. The average Bonchev–Trinajstić information content (AvgIpc) is 3.11. The van der Waals surface area contributed by atoms with E-state index in [2.05, 4.69) is 10.4 Å². The van der Waals surface area contributed by atoms with Crippen LogP contribution in [0, 0.1) is 0 Å². The zero-order valence-corrected chi connectivity index (χ0v) is 11.2. The number of nitrogens with one attached hydrogen (secondary N) is 1. The number of hydrogen-bond acceptors (Lipinski definition) is 3. The summed E-state index contributed by atoms with van der Waals surface area (Å²) in [6, 6.07) is 9.44. The Morgan fingerprint density at radius 3 is 2.70 bits per heavy atom. The number of aromatic nitrogens is 2. The van der Waals surface area contributed by atoms with Gasteiger partial charge < -0.3 is 11.1 Å². The van der Waals surface area contributed by atoms with Gasteiger partial charge in [-0.15, -0.1) is 0 Å².